The van der Waals surface area contributed by atoms with Gasteiger partial charge in [0.25, 0.3) is 0 Å². The summed E-state index contributed by atoms with van der Waals surface area (Å²) in [5.74, 6) is 0.898. The average Bonchev–Trinajstić information content (AvgIpc) is 3.27. The Labute approximate surface area is 194 Å². The molecule has 0 bridgehead atoms. The van der Waals surface area contributed by atoms with Gasteiger partial charge in [0.05, 0.1) is 25.8 Å². The Kier molecular flexibility index (Phi) is 6.13. The van der Waals surface area contributed by atoms with E-state index in [0.717, 1.165) is 35.4 Å². The zero-order valence-electron chi connectivity index (χ0n) is 18.8. The van der Waals surface area contributed by atoms with Crippen LogP contribution in [0.1, 0.15) is 22.7 Å². The highest BCUT2D eigenvalue weighted by Gasteiger charge is 2.28. The molecule has 2 heterocycles. The molecule has 0 N–H and O–H groups in total. The first-order valence-electron chi connectivity index (χ1n) is 11.4. The summed E-state index contributed by atoms with van der Waals surface area (Å²) in [4.78, 5) is 17.6. The van der Waals surface area contributed by atoms with Crippen molar-refractivity contribution in [3.05, 3.63) is 102 Å². The van der Waals surface area contributed by atoms with Gasteiger partial charge in [-0.3, -0.25) is 9.69 Å². The van der Waals surface area contributed by atoms with Crippen molar-refractivity contribution in [3.8, 4) is 5.75 Å². The topological polar surface area (TPSA) is 45.9 Å². The number of carbonyl (C=O) groups is 1. The fourth-order valence-electron chi connectivity index (χ4n) is 4.71. The monoisotopic (exact) mass is 440 g/mol. The molecule has 0 unspecified atom stereocenters. The van der Waals surface area contributed by atoms with Crippen molar-refractivity contribution in [2.24, 2.45) is 0 Å². The lowest BCUT2D eigenvalue weighted by Gasteiger charge is -2.39. The number of furan rings is 1. The Balaban J connectivity index is 1.28. The summed E-state index contributed by atoms with van der Waals surface area (Å²) < 4.78 is 11.0. The molecule has 0 radical (unpaired) electrons. The predicted molar refractivity (Wildman–Crippen MR) is 129 cm³/mol. The smallest absolute Gasteiger partial charge is 0.227 e. The number of piperazine rings is 1. The maximum absolute atomic E-state index is 13.1. The molecule has 1 saturated heterocycles. The van der Waals surface area contributed by atoms with Crippen molar-refractivity contribution >= 4 is 16.9 Å². The number of hydrogen-bond acceptors (Lipinski definition) is 4. The number of ether oxygens (including phenoxy) is 1. The van der Waals surface area contributed by atoms with Crippen LogP contribution in [0.4, 0.5) is 0 Å². The van der Waals surface area contributed by atoms with Crippen molar-refractivity contribution in [2.75, 3.05) is 33.3 Å². The van der Waals surface area contributed by atoms with Crippen LogP contribution in [0.3, 0.4) is 0 Å². The lowest BCUT2D eigenvalue weighted by Crippen LogP contribution is -2.50. The van der Waals surface area contributed by atoms with Crippen molar-refractivity contribution in [1.29, 1.82) is 0 Å². The second kappa shape index (κ2) is 9.51. The molecule has 1 fully saturated rings. The summed E-state index contributed by atoms with van der Waals surface area (Å²) in [5, 5.41) is 0.939. The van der Waals surface area contributed by atoms with Crippen molar-refractivity contribution in [3.63, 3.8) is 0 Å². The van der Waals surface area contributed by atoms with Crippen LogP contribution in [0.25, 0.3) is 11.0 Å². The van der Waals surface area contributed by atoms with Crippen molar-refractivity contribution in [2.45, 2.75) is 12.5 Å². The number of nitrogens with zero attached hydrogens (tertiary/aromatic N) is 2. The van der Waals surface area contributed by atoms with Gasteiger partial charge in [0, 0.05) is 37.1 Å². The minimum atomic E-state index is 0.135. The Hall–Kier alpha value is -3.57. The van der Waals surface area contributed by atoms with E-state index in [4.69, 9.17) is 9.15 Å². The van der Waals surface area contributed by atoms with Crippen molar-refractivity contribution in [1.82, 2.24) is 9.80 Å². The Morgan fingerprint density at radius 3 is 2.15 bits per heavy atom. The summed E-state index contributed by atoms with van der Waals surface area (Å²) >= 11 is 0. The van der Waals surface area contributed by atoms with Gasteiger partial charge in [-0.05, 0) is 29.3 Å². The van der Waals surface area contributed by atoms with Gasteiger partial charge in [-0.1, -0.05) is 60.7 Å². The number of methoxy groups -OCH3 is 1. The molecule has 1 amide bonds. The van der Waals surface area contributed by atoms with Gasteiger partial charge in [0.2, 0.25) is 5.91 Å². The first kappa shape index (κ1) is 21.3. The highest BCUT2D eigenvalue weighted by atomic mass is 16.5. The molecule has 168 valence electrons. The van der Waals surface area contributed by atoms with E-state index in [1.54, 1.807) is 13.4 Å². The molecule has 1 aromatic heterocycles. The van der Waals surface area contributed by atoms with Gasteiger partial charge >= 0.3 is 0 Å². The fourth-order valence-corrected chi connectivity index (χ4v) is 4.71. The molecule has 0 atom stereocenters. The number of fused-ring (bicyclic) bond motifs is 1. The standard InChI is InChI=1S/C28H28N2O3/c1-32-24-12-13-26-25(19-24)23(20-33-26)18-27(31)29-14-16-30(17-15-29)28(21-8-4-2-5-9-21)22-10-6-3-7-11-22/h2-13,19-20,28H,14-18H2,1H3. The normalized spacial score (nSPS) is 14.7. The molecule has 1 aliphatic rings. The van der Waals surface area contributed by atoms with Gasteiger partial charge in [-0.2, -0.15) is 0 Å². The van der Waals surface area contributed by atoms with E-state index in [2.05, 4.69) is 65.6 Å². The van der Waals surface area contributed by atoms with Crippen LogP contribution in [0.5, 0.6) is 5.75 Å². The molecule has 5 nitrogen and oxygen atoms in total. The van der Waals surface area contributed by atoms with E-state index in [9.17, 15) is 4.79 Å². The molecular weight excluding hydrogens is 412 g/mol. The van der Waals surface area contributed by atoms with Crippen LogP contribution < -0.4 is 4.74 Å². The van der Waals surface area contributed by atoms with E-state index in [-0.39, 0.29) is 11.9 Å². The SMILES string of the molecule is COc1ccc2occ(CC(=O)N3CCN(C(c4ccccc4)c4ccccc4)CC3)c2c1. The Morgan fingerprint density at radius 2 is 1.55 bits per heavy atom. The van der Waals surface area contributed by atoms with Gasteiger partial charge in [-0.15, -0.1) is 0 Å². The highest BCUT2D eigenvalue weighted by molar-refractivity contribution is 5.88. The van der Waals surface area contributed by atoms with E-state index >= 15 is 0 Å². The lowest BCUT2D eigenvalue weighted by molar-refractivity contribution is -0.132. The number of rotatable bonds is 6. The maximum atomic E-state index is 13.1. The second-order valence-corrected chi connectivity index (χ2v) is 8.44. The first-order valence-corrected chi connectivity index (χ1v) is 11.4. The van der Waals surface area contributed by atoms with Gasteiger partial charge < -0.3 is 14.1 Å². The number of benzene rings is 3. The highest BCUT2D eigenvalue weighted by Crippen LogP contribution is 2.30. The Bertz CT molecular complexity index is 1170. The van der Waals surface area contributed by atoms with Gasteiger partial charge in [-0.25, -0.2) is 0 Å². The van der Waals surface area contributed by atoms with Gasteiger partial charge in [0.15, 0.2) is 0 Å². The van der Waals surface area contributed by atoms with E-state index in [1.807, 2.05) is 23.1 Å². The second-order valence-electron chi connectivity index (χ2n) is 8.44. The van der Waals surface area contributed by atoms with E-state index in [0.29, 0.717) is 19.5 Å². The largest absolute Gasteiger partial charge is 0.497 e. The van der Waals surface area contributed by atoms with Crippen LogP contribution in [-0.4, -0.2) is 49.0 Å². The number of carbonyl (C=O) groups excluding carboxylic acids is 1. The molecular formula is C28H28N2O3. The lowest BCUT2D eigenvalue weighted by atomic mass is 9.96. The molecule has 33 heavy (non-hydrogen) atoms. The third kappa shape index (κ3) is 4.50. The minimum Gasteiger partial charge on any atom is -0.497 e. The molecule has 0 spiro atoms. The zero-order chi connectivity index (χ0) is 22.6. The quantitative estimate of drug-likeness (QED) is 0.427. The summed E-state index contributed by atoms with van der Waals surface area (Å²) in [6.45, 7) is 3.10. The summed E-state index contributed by atoms with van der Waals surface area (Å²) in [6.07, 6.45) is 2.03. The molecule has 4 aromatic rings. The molecule has 0 aliphatic carbocycles. The molecule has 0 saturated carbocycles. The Morgan fingerprint density at radius 1 is 0.909 bits per heavy atom. The minimum absolute atomic E-state index is 0.135. The van der Waals surface area contributed by atoms with Crippen molar-refractivity contribution < 1.29 is 13.9 Å². The molecule has 3 aromatic carbocycles. The number of amides is 1. The zero-order valence-corrected chi connectivity index (χ0v) is 18.8. The summed E-state index contributed by atoms with van der Waals surface area (Å²) in [7, 11) is 1.64. The average molecular weight is 441 g/mol. The van der Waals surface area contributed by atoms with Crippen LogP contribution in [0.2, 0.25) is 0 Å². The van der Waals surface area contributed by atoms with Crippen LogP contribution in [0, 0.1) is 0 Å². The van der Waals surface area contributed by atoms with Crippen LogP contribution in [-0.2, 0) is 11.2 Å². The van der Waals surface area contributed by atoms with E-state index < -0.39 is 0 Å². The maximum Gasteiger partial charge on any atom is 0.227 e. The predicted octanol–water partition coefficient (Wildman–Crippen LogP) is 4.92. The fraction of sp³-hybridized carbons (Fsp3) is 0.250. The number of hydrogen-bond donors (Lipinski definition) is 0. The molecule has 5 rings (SSSR count). The molecule has 5 heteroatoms. The first-order chi connectivity index (χ1) is 16.2. The van der Waals surface area contributed by atoms with Gasteiger partial charge in [0.1, 0.15) is 11.3 Å². The van der Waals surface area contributed by atoms with Crippen LogP contribution >= 0.6 is 0 Å². The van der Waals surface area contributed by atoms with E-state index in [1.165, 1.54) is 11.1 Å². The summed E-state index contributed by atoms with van der Waals surface area (Å²) in [5.41, 5.74) is 4.24. The summed E-state index contributed by atoms with van der Waals surface area (Å²) in [6, 6.07) is 27.1. The molecule has 1 aliphatic heterocycles. The van der Waals surface area contributed by atoms with Crippen LogP contribution in [0.15, 0.2) is 89.5 Å². The third-order valence-corrected chi connectivity index (χ3v) is 6.47. The third-order valence-electron chi connectivity index (χ3n) is 6.47.